The van der Waals surface area contributed by atoms with E-state index in [1.54, 1.807) is 0 Å². The minimum absolute atomic E-state index is 0.237. The summed E-state index contributed by atoms with van der Waals surface area (Å²) in [5.74, 6) is 0. The lowest BCUT2D eigenvalue weighted by Gasteiger charge is -2.16. The van der Waals surface area contributed by atoms with Crippen molar-refractivity contribution in [2.45, 2.75) is 35.6 Å². The largest absolute Gasteiger partial charge is 0.416 e. The molecule has 0 aliphatic carbocycles. The molecule has 0 amide bonds. The van der Waals surface area contributed by atoms with Crippen LogP contribution >= 0.6 is 0 Å². The van der Waals surface area contributed by atoms with Gasteiger partial charge in [0.05, 0.1) is 15.7 Å². The predicted molar refractivity (Wildman–Crippen MR) is 69.1 cm³/mol. The van der Waals surface area contributed by atoms with Gasteiger partial charge in [-0.3, -0.25) is 0 Å². The van der Waals surface area contributed by atoms with Gasteiger partial charge in [-0.1, -0.05) is 6.07 Å². The van der Waals surface area contributed by atoms with Gasteiger partial charge in [0, 0.05) is 0 Å². The molecule has 3 nitrogen and oxygen atoms in total. The van der Waals surface area contributed by atoms with E-state index >= 15 is 0 Å². The first-order valence-corrected chi connectivity index (χ1v) is 7.98. The van der Waals surface area contributed by atoms with Crippen molar-refractivity contribution in [2.24, 2.45) is 0 Å². The SMILES string of the molecule is O=S(=O)(c1cccc(C(F)(F)F)c1)C1CCCNCC1. The van der Waals surface area contributed by atoms with Crippen molar-refractivity contribution >= 4 is 9.84 Å². The average molecular weight is 307 g/mol. The van der Waals surface area contributed by atoms with Gasteiger partial charge in [-0.2, -0.15) is 13.2 Å². The second-order valence-corrected chi connectivity index (χ2v) is 7.10. The summed E-state index contributed by atoms with van der Waals surface area (Å²) < 4.78 is 62.8. The highest BCUT2D eigenvalue weighted by atomic mass is 32.2. The highest BCUT2D eigenvalue weighted by Crippen LogP contribution is 2.32. The van der Waals surface area contributed by atoms with E-state index in [2.05, 4.69) is 5.32 Å². The standard InChI is InChI=1S/C13H16F3NO2S/c14-13(15,16)10-3-1-4-12(9-10)20(18,19)11-5-2-7-17-8-6-11/h1,3-4,9,11,17H,2,5-8H2. The third-order valence-electron chi connectivity index (χ3n) is 3.45. The van der Waals surface area contributed by atoms with Gasteiger partial charge in [-0.25, -0.2) is 8.42 Å². The molecule has 1 aromatic carbocycles. The van der Waals surface area contributed by atoms with Crippen LogP contribution in [0.5, 0.6) is 0 Å². The summed E-state index contributed by atoms with van der Waals surface area (Å²) in [4.78, 5) is -0.237. The molecule has 1 aliphatic rings. The molecule has 0 radical (unpaired) electrons. The van der Waals surface area contributed by atoms with Crippen molar-refractivity contribution in [1.82, 2.24) is 5.32 Å². The number of hydrogen-bond donors (Lipinski definition) is 1. The summed E-state index contributed by atoms with van der Waals surface area (Å²) in [6.07, 6.45) is -2.91. The Morgan fingerprint density at radius 2 is 1.90 bits per heavy atom. The molecule has 112 valence electrons. The number of hydrogen-bond acceptors (Lipinski definition) is 3. The molecular weight excluding hydrogens is 291 g/mol. The summed E-state index contributed by atoms with van der Waals surface area (Å²) >= 11 is 0. The second-order valence-electron chi connectivity index (χ2n) is 4.87. The van der Waals surface area contributed by atoms with E-state index in [0.29, 0.717) is 25.8 Å². The van der Waals surface area contributed by atoms with Crippen LogP contribution < -0.4 is 5.32 Å². The maximum absolute atomic E-state index is 12.7. The molecule has 1 aromatic rings. The Bertz CT molecular complexity index is 561. The van der Waals surface area contributed by atoms with Crippen LogP contribution in [0.25, 0.3) is 0 Å². The number of halogens is 3. The molecule has 1 aliphatic heterocycles. The monoisotopic (exact) mass is 307 g/mol. The molecule has 0 bridgehead atoms. The van der Waals surface area contributed by atoms with Crippen LogP contribution in [0.15, 0.2) is 29.2 Å². The Kier molecular flexibility index (Phi) is 4.39. The van der Waals surface area contributed by atoms with Gasteiger partial charge in [-0.05, 0) is 50.6 Å². The van der Waals surface area contributed by atoms with E-state index < -0.39 is 26.8 Å². The van der Waals surface area contributed by atoms with Crippen LogP contribution in [0.2, 0.25) is 0 Å². The van der Waals surface area contributed by atoms with E-state index in [9.17, 15) is 21.6 Å². The van der Waals surface area contributed by atoms with Gasteiger partial charge < -0.3 is 5.32 Å². The van der Waals surface area contributed by atoms with Crippen LogP contribution in [-0.4, -0.2) is 26.8 Å². The van der Waals surface area contributed by atoms with Crippen LogP contribution in [0.4, 0.5) is 13.2 Å². The van der Waals surface area contributed by atoms with E-state index in [1.807, 2.05) is 0 Å². The Balaban J connectivity index is 2.34. The van der Waals surface area contributed by atoms with E-state index in [1.165, 1.54) is 6.07 Å². The quantitative estimate of drug-likeness (QED) is 0.913. The Hall–Kier alpha value is -1.08. The third kappa shape index (κ3) is 3.32. The van der Waals surface area contributed by atoms with Gasteiger partial charge in [0.15, 0.2) is 9.84 Å². The van der Waals surface area contributed by atoms with Crippen LogP contribution in [-0.2, 0) is 16.0 Å². The Labute approximate surface area is 116 Å². The van der Waals surface area contributed by atoms with E-state index in [-0.39, 0.29) is 4.90 Å². The third-order valence-corrected chi connectivity index (χ3v) is 5.71. The lowest BCUT2D eigenvalue weighted by atomic mass is 10.2. The zero-order valence-corrected chi connectivity index (χ0v) is 11.6. The van der Waals surface area contributed by atoms with E-state index in [0.717, 1.165) is 24.7 Å². The lowest BCUT2D eigenvalue weighted by Crippen LogP contribution is -2.23. The summed E-state index contributed by atoms with van der Waals surface area (Å²) in [5.41, 5.74) is -0.926. The van der Waals surface area contributed by atoms with Crippen molar-refractivity contribution in [3.05, 3.63) is 29.8 Å². The predicted octanol–water partition coefficient (Wildman–Crippen LogP) is 2.62. The molecule has 0 aromatic heterocycles. The number of sulfone groups is 1. The Morgan fingerprint density at radius 1 is 1.15 bits per heavy atom. The molecular formula is C13H16F3NO2S. The van der Waals surface area contributed by atoms with Crippen molar-refractivity contribution < 1.29 is 21.6 Å². The van der Waals surface area contributed by atoms with Crippen LogP contribution in [0, 0.1) is 0 Å². The number of nitrogens with one attached hydrogen (secondary N) is 1. The van der Waals surface area contributed by atoms with Crippen LogP contribution in [0.3, 0.4) is 0 Å². The van der Waals surface area contributed by atoms with Crippen LogP contribution in [0.1, 0.15) is 24.8 Å². The molecule has 1 N–H and O–H groups in total. The highest BCUT2D eigenvalue weighted by molar-refractivity contribution is 7.92. The number of benzene rings is 1. The molecule has 2 rings (SSSR count). The van der Waals surface area contributed by atoms with Crippen molar-refractivity contribution in [3.63, 3.8) is 0 Å². The van der Waals surface area contributed by atoms with Gasteiger partial charge in [-0.15, -0.1) is 0 Å². The summed E-state index contributed by atoms with van der Waals surface area (Å²) in [6.45, 7) is 1.32. The minimum atomic E-state index is -4.53. The van der Waals surface area contributed by atoms with Crippen molar-refractivity contribution in [2.75, 3.05) is 13.1 Å². The fraction of sp³-hybridized carbons (Fsp3) is 0.538. The number of rotatable bonds is 2. The first-order valence-electron chi connectivity index (χ1n) is 6.44. The minimum Gasteiger partial charge on any atom is -0.317 e. The molecule has 0 spiro atoms. The van der Waals surface area contributed by atoms with E-state index in [4.69, 9.17) is 0 Å². The average Bonchev–Trinajstić information content (AvgIpc) is 2.67. The zero-order chi connectivity index (χ0) is 14.8. The van der Waals surface area contributed by atoms with Gasteiger partial charge in [0.25, 0.3) is 0 Å². The first kappa shape index (κ1) is 15.3. The number of alkyl halides is 3. The van der Waals surface area contributed by atoms with Gasteiger partial charge >= 0.3 is 6.18 Å². The molecule has 1 atom stereocenters. The molecule has 0 saturated carbocycles. The van der Waals surface area contributed by atoms with Crippen molar-refractivity contribution in [1.29, 1.82) is 0 Å². The highest BCUT2D eigenvalue weighted by Gasteiger charge is 2.33. The maximum atomic E-state index is 12.7. The fourth-order valence-corrected chi connectivity index (χ4v) is 4.19. The molecule has 7 heteroatoms. The van der Waals surface area contributed by atoms with Crippen molar-refractivity contribution in [3.8, 4) is 0 Å². The summed E-state index contributed by atoms with van der Waals surface area (Å²) in [6, 6.07) is 3.99. The van der Waals surface area contributed by atoms with Gasteiger partial charge in [0.1, 0.15) is 0 Å². The fourth-order valence-electron chi connectivity index (χ4n) is 2.34. The Morgan fingerprint density at radius 3 is 2.60 bits per heavy atom. The molecule has 1 unspecified atom stereocenters. The molecule has 1 fully saturated rings. The normalized spacial score (nSPS) is 21.4. The molecule has 1 heterocycles. The summed E-state index contributed by atoms with van der Waals surface area (Å²) in [7, 11) is -3.71. The lowest BCUT2D eigenvalue weighted by molar-refractivity contribution is -0.137. The smallest absolute Gasteiger partial charge is 0.317 e. The first-order chi connectivity index (χ1) is 9.32. The molecule has 1 saturated heterocycles. The maximum Gasteiger partial charge on any atom is 0.416 e. The zero-order valence-electron chi connectivity index (χ0n) is 10.8. The summed E-state index contributed by atoms with van der Waals surface area (Å²) in [5, 5.41) is 2.48. The van der Waals surface area contributed by atoms with Gasteiger partial charge in [0.2, 0.25) is 0 Å². The topological polar surface area (TPSA) is 46.2 Å². The second kappa shape index (κ2) is 5.73. The molecule has 20 heavy (non-hydrogen) atoms.